The van der Waals surface area contributed by atoms with Crippen molar-refractivity contribution in [2.75, 3.05) is 13.1 Å². The van der Waals surface area contributed by atoms with Crippen molar-refractivity contribution in [2.24, 2.45) is 5.92 Å². The van der Waals surface area contributed by atoms with Crippen molar-refractivity contribution in [3.05, 3.63) is 47.8 Å². The Labute approximate surface area is 161 Å². The number of hydrogen-bond donors (Lipinski definition) is 1. The van der Waals surface area contributed by atoms with Gasteiger partial charge in [-0.05, 0) is 43.4 Å². The van der Waals surface area contributed by atoms with Gasteiger partial charge in [-0.15, -0.1) is 0 Å². The second-order valence-corrected chi connectivity index (χ2v) is 8.40. The molecule has 27 heavy (non-hydrogen) atoms. The molecule has 2 atom stereocenters. The van der Waals surface area contributed by atoms with E-state index in [2.05, 4.69) is 13.8 Å². The van der Waals surface area contributed by atoms with Crippen molar-refractivity contribution >= 4 is 5.91 Å². The maximum Gasteiger partial charge on any atom is 0.272 e. The zero-order chi connectivity index (χ0) is 19.0. The van der Waals surface area contributed by atoms with Crippen molar-refractivity contribution in [3.8, 4) is 5.69 Å². The number of hydrogen-bond acceptors (Lipinski definition) is 3. The molecule has 1 aliphatic heterocycles. The summed E-state index contributed by atoms with van der Waals surface area (Å²) in [6, 6.07) is 11.8. The zero-order valence-electron chi connectivity index (χ0n) is 16.3. The molecule has 1 N–H and O–H groups in total. The molecule has 1 aliphatic carbocycles. The van der Waals surface area contributed by atoms with Crippen molar-refractivity contribution in [1.82, 2.24) is 14.7 Å². The molecule has 0 radical (unpaired) electrons. The van der Waals surface area contributed by atoms with Crippen molar-refractivity contribution in [1.29, 1.82) is 0 Å². The summed E-state index contributed by atoms with van der Waals surface area (Å²) in [4.78, 5) is 15.3. The van der Waals surface area contributed by atoms with Gasteiger partial charge in [-0.2, -0.15) is 5.10 Å². The SMILES string of the molecule is CC(C)c1cc(C(=O)N2CC[C@@]3(O)CCCC[C@@H]3C2)n(-c2ccccc2)n1. The summed E-state index contributed by atoms with van der Waals surface area (Å²) < 4.78 is 1.78. The fourth-order valence-corrected chi connectivity index (χ4v) is 4.52. The summed E-state index contributed by atoms with van der Waals surface area (Å²) in [7, 11) is 0. The Kier molecular flexibility index (Phi) is 4.81. The first-order chi connectivity index (χ1) is 13.0. The van der Waals surface area contributed by atoms with Crippen LogP contribution in [0.5, 0.6) is 0 Å². The van der Waals surface area contributed by atoms with Crippen LogP contribution in [0.1, 0.15) is 68.1 Å². The molecule has 1 saturated heterocycles. The number of carbonyl (C=O) groups excluding carboxylic acids is 1. The molecule has 2 aromatic rings. The van der Waals surface area contributed by atoms with Crippen molar-refractivity contribution in [2.45, 2.75) is 57.5 Å². The number of aromatic nitrogens is 2. The molecule has 1 aromatic carbocycles. The van der Waals surface area contributed by atoms with E-state index in [4.69, 9.17) is 5.10 Å². The van der Waals surface area contributed by atoms with Crippen LogP contribution in [0, 0.1) is 5.92 Å². The smallest absolute Gasteiger partial charge is 0.272 e. The number of fused-ring (bicyclic) bond motifs is 1. The van der Waals surface area contributed by atoms with Gasteiger partial charge >= 0.3 is 0 Å². The van der Waals surface area contributed by atoms with Gasteiger partial charge in [0.2, 0.25) is 0 Å². The summed E-state index contributed by atoms with van der Waals surface area (Å²) in [5.41, 5.74) is 1.87. The van der Waals surface area contributed by atoms with E-state index in [0.717, 1.165) is 37.1 Å². The third-order valence-corrected chi connectivity index (χ3v) is 6.25. The van der Waals surface area contributed by atoms with Gasteiger partial charge in [0.15, 0.2) is 0 Å². The molecule has 0 unspecified atom stereocenters. The molecule has 2 fully saturated rings. The van der Waals surface area contributed by atoms with Gasteiger partial charge < -0.3 is 10.0 Å². The maximum absolute atomic E-state index is 13.4. The van der Waals surface area contributed by atoms with Gasteiger partial charge in [-0.3, -0.25) is 4.79 Å². The molecule has 2 aliphatic rings. The Morgan fingerprint density at radius 3 is 2.74 bits per heavy atom. The van der Waals surface area contributed by atoms with Crippen LogP contribution in [0.2, 0.25) is 0 Å². The van der Waals surface area contributed by atoms with Crippen molar-refractivity contribution in [3.63, 3.8) is 0 Å². The molecule has 0 bridgehead atoms. The maximum atomic E-state index is 13.4. The standard InChI is InChI=1S/C22H29N3O2/c1-16(2)19-14-20(25(23-19)18-9-4-3-5-10-18)21(26)24-13-12-22(27)11-7-6-8-17(22)15-24/h3-5,9-10,14,16-17,27H,6-8,11-13,15H2,1-2H3/t17-,22+/m1/s1. The van der Waals surface area contributed by atoms with Crippen LogP contribution in [-0.2, 0) is 0 Å². The second-order valence-electron chi connectivity index (χ2n) is 8.40. The Morgan fingerprint density at radius 1 is 1.22 bits per heavy atom. The van der Waals surface area contributed by atoms with Gasteiger partial charge in [-0.1, -0.05) is 44.9 Å². The molecule has 1 aromatic heterocycles. The number of aliphatic hydroxyl groups is 1. The summed E-state index contributed by atoms with van der Waals surface area (Å²) in [6.45, 7) is 5.44. The predicted molar refractivity (Wildman–Crippen MR) is 105 cm³/mol. The van der Waals surface area contributed by atoms with Crippen LogP contribution in [0.15, 0.2) is 36.4 Å². The first-order valence-corrected chi connectivity index (χ1v) is 10.1. The van der Waals surface area contributed by atoms with Crippen LogP contribution in [0.3, 0.4) is 0 Å². The highest BCUT2D eigenvalue weighted by Gasteiger charge is 2.44. The van der Waals surface area contributed by atoms with Gasteiger partial charge in [0.05, 0.1) is 17.0 Å². The number of likely N-dealkylation sites (tertiary alicyclic amines) is 1. The second kappa shape index (κ2) is 7.12. The van der Waals surface area contributed by atoms with Crippen LogP contribution in [-0.4, -0.2) is 44.4 Å². The average Bonchev–Trinajstić information content (AvgIpc) is 3.13. The number of amides is 1. The van der Waals surface area contributed by atoms with Crippen molar-refractivity contribution < 1.29 is 9.90 Å². The monoisotopic (exact) mass is 367 g/mol. The van der Waals surface area contributed by atoms with Gasteiger partial charge in [0.25, 0.3) is 5.91 Å². The van der Waals surface area contributed by atoms with E-state index >= 15 is 0 Å². The summed E-state index contributed by atoms with van der Waals surface area (Å²) >= 11 is 0. The summed E-state index contributed by atoms with van der Waals surface area (Å²) in [6.07, 6.45) is 4.81. The minimum atomic E-state index is -0.572. The Hall–Kier alpha value is -2.14. The largest absolute Gasteiger partial charge is 0.389 e. The lowest BCUT2D eigenvalue weighted by Gasteiger charge is -2.47. The van der Waals surface area contributed by atoms with E-state index < -0.39 is 5.60 Å². The first kappa shape index (κ1) is 18.2. The number of carbonyl (C=O) groups is 1. The number of para-hydroxylation sites is 1. The number of rotatable bonds is 3. The van der Waals surface area contributed by atoms with Gasteiger partial charge in [0, 0.05) is 19.0 Å². The lowest BCUT2D eigenvalue weighted by atomic mass is 9.71. The highest BCUT2D eigenvalue weighted by atomic mass is 16.3. The predicted octanol–water partition coefficient (Wildman–Crippen LogP) is 3.76. The molecule has 144 valence electrons. The van der Waals surface area contributed by atoms with Gasteiger partial charge in [0.1, 0.15) is 5.69 Å². The summed E-state index contributed by atoms with van der Waals surface area (Å²) in [5.74, 6) is 0.471. The van der Waals surface area contributed by atoms with E-state index in [1.165, 1.54) is 0 Å². The molecular weight excluding hydrogens is 338 g/mol. The van der Waals surface area contributed by atoms with E-state index in [1.54, 1.807) is 4.68 Å². The summed E-state index contributed by atoms with van der Waals surface area (Å²) in [5, 5.41) is 15.6. The van der Waals surface area contributed by atoms with Gasteiger partial charge in [-0.25, -0.2) is 4.68 Å². The molecule has 5 heteroatoms. The average molecular weight is 367 g/mol. The Bertz CT molecular complexity index is 814. The fraction of sp³-hybridized carbons (Fsp3) is 0.545. The third-order valence-electron chi connectivity index (χ3n) is 6.25. The molecular formula is C22H29N3O2. The van der Waals surface area contributed by atoms with E-state index in [1.807, 2.05) is 41.3 Å². The quantitative estimate of drug-likeness (QED) is 0.898. The molecule has 1 saturated carbocycles. The lowest BCUT2D eigenvalue weighted by Crippen LogP contribution is -2.54. The highest BCUT2D eigenvalue weighted by Crippen LogP contribution is 2.40. The topological polar surface area (TPSA) is 58.4 Å². The molecule has 1 amide bonds. The van der Waals surface area contributed by atoms with Crippen LogP contribution >= 0.6 is 0 Å². The lowest BCUT2D eigenvalue weighted by molar-refractivity contribution is -0.0887. The number of nitrogens with zero attached hydrogens (tertiary/aromatic N) is 3. The van der Waals surface area contributed by atoms with Crippen LogP contribution < -0.4 is 0 Å². The normalized spacial score (nSPS) is 25.5. The van der Waals surface area contributed by atoms with E-state index in [0.29, 0.717) is 25.2 Å². The number of piperidine rings is 1. The molecule has 5 nitrogen and oxygen atoms in total. The minimum absolute atomic E-state index is 0.0193. The first-order valence-electron chi connectivity index (χ1n) is 10.1. The van der Waals surface area contributed by atoms with E-state index in [-0.39, 0.29) is 17.7 Å². The highest BCUT2D eigenvalue weighted by molar-refractivity contribution is 5.93. The fourth-order valence-electron chi connectivity index (χ4n) is 4.52. The third kappa shape index (κ3) is 3.41. The Balaban J connectivity index is 1.64. The minimum Gasteiger partial charge on any atom is -0.389 e. The molecule has 2 heterocycles. The van der Waals surface area contributed by atoms with E-state index in [9.17, 15) is 9.90 Å². The Morgan fingerprint density at radius 2 is 2.00 bits per heavy atom. The van der Waals surface area contributed by atoms with Crippen LogP contribution in [0.25, 0.3) is 5.69 Å². The molecule has 4 rings (SSSR count). The van der Waals surface area contributed by atoms with Crippen LogP contribution in [0.4, 0.5) is 0 Å². The zero-order valence-corrected chi connectivity index (χ0v) is 16.3. The molecule has 0 spiro atoms. The number of benzene rings is 1.